The summed E-state index contributed by atoms with van der Waals surface area (Å²) in [6.07, 6.45) is 0.872. The minimum absolute atomic E-state index is 0.185. The molecule has 0 aromatic heterocycles. The van der Waals surface area contributed by atoms with Crippen LogP contribution in [-0.2, 0) is 14.6 Å². The van der Waals surface area contributed by atoms with E-state index in [1.807, 2.05) is 12.1 Å². The maximum atomic E-state index is 13.2. The Balaban J connectivity index is 1.52. The third kappa shape index (κ3) is 5.13. The van der Waals surface area contributed by atoms with Gasteiger partial charge in [0.05, 0.1) is 16.9 Å². The first-order chi connectivity index (χ1) is 16.1. The van der Waals surface area contributed by atoms with E-state index in [-0.39, 0.29) is 23.3 Å². The fraction of sp³-hybridized carbons (Fsp3) is 0.375. The Morgan fingerprint density at radius 2 is 1.50 bits per heavy atom. The Hall–Kier alpha value is -3.24. The van der Waals surface area contributed by atoms with E-state index in [4.69, 9.17) is 0 Å². The number of piperazine rings is 1. The third-order valence-corrected chi connectivity index (χ3v) is 7.18. The maximum absolute atomic E-state index is 13.2. The Morgan fingerprint density at radius 3 is 2.03 bits per heavy atom. The number of amides is 3. The zero-order valence-corrected chi connectivity index (χ0v) is 20.0. The van der Waals surface area contributed by atoms with Crippen molar-refractivity contribution in [3.8, 4) is 0 Å². The molecule has 9 nitrogen and oxygen atoms in total. The number of carbonyl (C=O) groups is 3. The number of nitrogens with zero attached hydrogens (tertiary/aromatic N) is 3. The van der Waals surface area contributed by atoms with Gasteiger partial charge in [-0.25, -0.2) is 8.42 Å². The molecule has 0 saturated carbocycles. The number of hydrogen-bond donors (Lipinski definition) is 1. The molecule has 2 aromatic carbocycles. The van der Waals surface area contributed by atoms with Crippen molar-refractivity contribution >= 4 is 38.9 Å². The predicted molar refractivity (Wildman–Crippen MR) is 130 cm³/mol. The summed E-state index contributed by atoms with van der Waals surface area (Å²) in [6, 6.07) is 12.4. The number of hydrogen-bond acceptors (Lipinski definition) is 7. The van der Waals surface area contributed by atoms with Gasteiger partial charge in [0.1, 0.15) is 15.9 Å². The molecule has 0 unspecified atom stereocenters. The Morgan fingerprint density at radius 1 is 0.941 bits per heavy atom. The molecule has 2 aromatic rings. The van der Waals surface area contributed by atoms with E-state index in [2.05, 4.69) is 22.2 Å². The lowest BCUT2D eigenvalue weighted by Crippen LogP contribution is -2.48. The molecular weight excluding hydrogens is 456 g/mol. The van der Waals surface area contributed by atoms with Crippen LogP contribution in [0.5, 0.6) is 0 Å². The van der Waals surface area contributed by atoms with Crippen LogP contribution in [0.4, 0.5) is 11.4 Å². The summed E-state index contributed by atoms with van der Waals surface area (Å²) >= 11 is 0. The van der Waals surface area contributed by atoms with Gasteiger partial charge in [-0.1, -0.05) is 12.1 Å². The number of rotatable bonds is 7. The number of benzene rings is 2. The zero-order chi connectivity index (χ0) is 24.5. The lowest BCUT2D eigenvalue weighted by Gasteiger charge is -2.34. The number of sulfone groups is 1. The summed E-state index contributed by atoms with van der Waals surface area (Å²) in [7, 11) is -1.33. The number of anilines is 2. The standard InChI is InChI=1S/C24H28N4O5S/c1-26-12-14-27(15-13-26)18-9-7-17(8-10-18)25-22(29)21(11-16-34(2,32)33)28-23(30)19-5-3-4-6-20(19)24(28)31/h3-10,21H,11-16H2,1-2H3,(H,25,29)/t21-/m1/s1. The largest absolute Gasteiger partial charge is 0.369 e. The van der Waals surface area contributed by atoms with E-state index < -0.39 is 33.6 Å². The van der Waals surface area contributed by atoms with Crippen molar-refractivity contribution < 1.29 is 22.8 Å². The van der Waals surface area contributed by atoms with Gasteiger partial charge >= 0.3 is 0 Å². The SMILES string of the molecule is CN1CCN(c2ccc(NC(=O)[C@@H](CCS(C)(=O)=O)N3C(=O)c4ccccc4C3=O)cc2)CC1. The second kappa shape index (κ2) is 9.55. The molecule has 1 atom stereocenters. The van der Waals surface area contributed by atoms with E-state index in [1.54, 1.807) is 24.3 Å². The predicted octanol–water partition coefficient (Wildman–Crippen LogP) is 1.48. The molecule has 1 fully saturated rings. The van der Waals surface area contributed by atoms with Crippen LogP contribution in [0.3, 0.4) is 0 Å². The Bertz CT molecular complexity index is 1170. The van der Waals surface area contributed by atoms with Crippen molar-refractivity contribution in [2.75, 3.05) is 55.5 Å². The third-order valence-electron chi connectivity index (χ3n) is 6.21. The molecule has 3 amide bonds. The summed E-state index contributed by atoms with van der Waals surface area (Å²) in [5.41, 5.74) is 1.96. The highest BCUT2D eigenvalue weighted by molar-refractivity contribution is 7.90. The molecule has 0 radical (unpaired) electrons. The van der Waals surface area contributed by atoms with Gasteiger partial charge in [-0.05, 0) is 49.9 Å². The molecule has 34 heavy (non-hydrogen) atoms. The smallest absolute Gasteiger partial charge is 0.262 e. The van der Waals surface area contributed by atoms with Gasteiger partial charge in [0.2, 0.25) is 5.91 Å². The monoisotopic (exact) mass is 484 g/mol. The second-order valence-corrected chi connectivity index (χ2v) is 11.0. The van der Waals surface area contributed by atoms with Crippen LogP contribution in [-0.4, -0.2) is 87.2 Å². The molecule has 0 bridgehead atoms. The van der Waals surface area contributed by atoms with Crippen LogP contribution in [0.2, 0.25) is 0 Å². The molecule has 1 saturated heterocycles. The number of fused-ring (bicyclic) bond motifs is 1. The van der Waals surface area contributed by atoms with Crippen molar-refractivity contribution in [3.63, 3.8) is 0 Å². The van der Waals surface area contributed by atoms with Gasteiger partial charge in [-0.2, -0.15) is 0 Å². The van der Waals surface area contributed by atoms with Gasteiger partial charge in [0.25, 0.3) is 11.8 Å². The molecule has 0 spiro atoms. The molecule has 2 heterocycles. The molecule has 180 valence electrons. The lowest BCUT2D eigenvalue weighted by molar-refractivity contribution is -0.120. The summed E-state index contributed by atoms with van der Waals surface area (Å²) in [4.78, 5) is 44.5. The average Bonchev–Trinajstić information content (AvgIpc) is 3.05. The molecule has 4 rings (SSSR count). The van der Waals surface area contributed by atoms with Gasteiger partial charge in [0.15, 0.2) is 0 Å². The first-order valence-electron chi connectivity index (χ1n) is 11.1. The highest BCUT2D eigenvalue weighted by atomic mass is 32.2. The minimum Gasteiger partial charge on any atom is -0.369 e. The normalized spacial score (nSPS) is 17.6. The van der Waals surface area contributed by atoms with Crippen molar-refractivity contribution in [2.45, 2.75) is 12.5 Å². The van der Waals surface area contributed by atoms with Gasteiger partial charge < -0.3 is 15.1 Å². The second-order valence-electron chi connectivity index (χ2n) is 8.79. The van der Waals surface area contributed by atoms with Crippen molar-refractivity contribution in [3.05, 3.63) is 59.7 Å². The van der Waals surface area contributed by atoms with E-state index in [9.17, 15) is 22.8 Å². The number of carbonyl (C=O) groups excluding carboxylic acids is 3. The molecule has 10 heteroatoms. The van der Waals surface area contributed by atoms with E-state index in [0.29, 0.717) is 5.69 Å². The van der Waals surface area contributed by atoms with Crippen LogP contribution >= 0.6 is 0 Å². The minimum atomic E-state index is -3.42. The molecule has 2 aliphatic heterocycles. The van der Waals surface area contributed by atoms with Gasteiger partial charge in [-0.3, -0.25) is 19.3 Å². The zero-order valence-electron chi connectivity index (χ0n) is 19.2. The van der Waals surface area contributed by atoms with Gasteiger partial charge in [0, 0.05) is 43.8 Å². The van der Waals surface area contributed by atoms with Crippen molar-refractivity contribution in [1.29, 1.82) is 0 Å². The van der Waals surface area contributed by atoms with Crippen LogP contribution < -0.4 is 10.2 Å². The number of nitrogens with one attached hydrogen (secondary N) is 1. The fourth-order valence-corrected chi connectivity index (χ4v) is 4.89. The molecule has 0 aliphatic carbocycles. The summed E-state index contributed by atoms with van der Waals surface area (Å²) in [6.45, 7) is 3.77. The van der Waals surface area contributed by atoms with Crippen LogP contribution in [0.1, 0.15) is 27.1 Å². The fourth-order valence-electron chi connectivity index (χ4n) is 4.24. The summed E-state index contributed by atoms with van der Waals surface area (Å²) < 4.78 is 23.6. The van der Waals surface area contributed by atoms with Crippen LogP contribution in [0.25, 0.3) is 0 Å². The molecule has 1 N–H and O–H groups in total. The summed E-state index contributed by atoms with van der Waals surface area (Å²) in [5, 5.41) is 2.75. The van der Waals surface area contributed by atoms with Gasteiger partial charge in [-0.15, -0.1) is 0 Å². The van der Waals surface area contributed by atoms with E-state index in [0.717, 1.165) is 43.0 Å². The van der Waals surface area contributed by atoms with E-state index >= 15 is 0 Å². The topological polar surface area (TPSA) is 107 Å². The molecular formula is C24H28N4O5S. The highest BCUT2D eigenvalue weighted by Gasteiger charge is 2.42. The average molecular weight is 485 g/mol. The lowest BCUT2D eigenvalue weighted by atomic mass is 10.1. The number of imide groups is 1. The first-order valence-corrected chi connectivity index (χ1v) is 13.2. The van der Waals surface area contributed by atoms with Crippen molar-refractivity contribution in [1.82, 2.24) is 9.80 Å². The Kier molecular flexibility index (Phi) is 6.72. The molecule has 2 aliphatic rings. The van der Waals surface area contributed by atoms with Crippen LogP contribution in [0, 0.1) is 0 Å². The number of likely N-dealkylation sites (N-methyl/N-ethyl adjacent to an activating group) is 1. The first kappa shape index (κ1) is 23.9. The van der Waals surface area contributed by atoms with E-state index in [1.165, 1.54) is 12.1 Å². The summed E-state index contributed by atoms with van der Waals surface area (Å²) in [5.74, 6) is -2.13. The quantitative estimate of drug-likeness (QED) is 0.593. The maximum Gasteiger partial charge on any atom is 0.262 e. The van der Waals surface area contributed by atoms with Crippen molar-refractivity contribution in [2.24, 2.45) is 0 Å². The van der Waals surface area contributed by atoms with Crippen LogP contribution in [0.15, 0.2) is 48.5 Å². The Labute approximate surface area is 199 Å². The highest BCUT2D eigenvalue weighted by Crippen LogP contribution is 2.27.